The van der Waals surface area contributed by atoms with E-state index in [4.69, 9.17) is 4.74 Å². The number of carbonyl (C=O) groups excluding carboxylic acids is 2. The fourth-order valence-corrected chi connectivity index (χ4v) is 4.00. The number of carbonyl (C=O) groups is 2. The van der Waals surface area contributed by atoms with Gasteiger partial charge in [-0.1, -0.05) is 12.8 Å². The molecule has 2 rings (SSSR count). The van der Waals surface area contributed by atoms with Gasteiger partial charge in [0, 0.05) is 20.1 Å². The van der Waals surface area contributed by atoms with Crippen molar-refractivity contribution in [1.29, 1.82) is 0 Å². The van der Waals surface area contributed by atoms with E-state index >= 15 is 0 Å². The van der Waals surface area contributed by atoms with Gasteiger partial charge in [-0.2, -0.15) is 4.31 Å². The van der Waals surface area contributed by atoms with Gasteiger partial charge in [-0.3, -0.25) is 4.79 Å². The van der Waals surface area contributed by atoms with E-state index in [0.717, 1.165) is 25.7 Å². The largest absolute Gasteiger partial charge is 0.452 e. The number of benzene rings is 1. The highest BCUT2D eigenvalue weighted by Crippen LogP contribution is 2.20. The first-order chi connectivity index (χ1) is 11.4. The number of rotatable bonds is 5. The van der Waals surface area contributed by atoms with E-state index in [-0.39, 0.29) is 17.1 Å². The maximum atomic E-state index is 12.6. The Hall–Kier alpha value is -1.93. The quantitative estimate of drug-likeness (QED) is 0.801. The van der Waals surface area contributed by atoms with Crippen molar-refractivity contribution < 1.29 is 22.7 Å². The Morgan fingerprint density at radius 1 is 1.08 bits per heavy atom. The second kappa shape index (κ2) is 8.25. The highest BCUT2D eigenvalue weighted by Gasteiger charge is 2.25. The number of hydrogen-bond acceptors (Lipinski definition) is 5. The fraction of sp³-hybridized carbons (Fsp3) is 0.500. The topological polar surface area (TPSA) is 92.8 Å². The lowest BCUT2D eigenvalue weighted by Crippen LogP contribution is -2.31. The number of nitrogens with one attached hydrogen (secondary N) is 1. The summed E-state index contributed by atoms with van der Waals surface area (Å²) >= 11 is 0. The average Bonchev–Trinajstić information content (AvgIpc) is 2.89. The van der Waals surface area contributed by atoms with Crippen LogP contribution in [-0.2, 0) is 19.6 Å². The standard InChI is InChI=1S/C16H22N2O5S/c1-17-15(19)12-23-16(20)13-6-8-14(9-7-13)24(21,22)18-10-4-2-3-5-11-18/h6-9H,2-5,10-12H2,1H3,(H,17,19). The van der Waals surface area contributed by atoms with Gasteiger partial charge in [0.15, 0.2) is 6.61 Å². The number of hydrogen-bond donors (Lipinski definition) is 1. The highest BCUT2D eigenvalue weighted by atomic mass is 32.2. The molecule has 0 atom stereocenters. The van der Waals surface area contributed by atoms with Crippen molar-refractivity contribution in [2.75, 3.05) is 26.7 Å². The summed E-state index contributed by atoms with van der Waals surface area (Å²) in [5.41, 5.74) is 0.203. The first kappa shape index (κ1) is 18.4. The van der Waals surface area contributed by atoms with Crippen LogP contribution >= 0.6 is 0 Å². The molecule has 1 amide bonds. The maximum Gasteiger partial charge on any atom is 0.338 e. The molecule has 1 aromatic carbocycles. The number of likely N-dealkylation sites (N-methyl/N-ethyl adjacent to an activating group) is 1. The van der Waals surface area contributed by atoms with E-state index in [1.165, 1.54) is 35.6 Å². The first-order valence-corrected chi connectivity index (χ1v) is 9.37. The molecule has 8 heteroatoms. The van der Waals surface area contributed by atoms with Crippen molar-refractivity contribution >= 4 is 21.9 Å². The van der Waals surface area contributed by atoms with Crippen LogP contribution in [0.5, 0.6) is 0 Å². The van der Waals surface area contributed by atoms with E-state index in [1.807, 2.05) is 0 Å². The van der Waals surface area contributed by atoms with E-state index in [2.05, 4.69) is 5.32 Å². The van der Waals surface area contributed by atoms with Gasteiger partial charge < -0.3 is 10.1 Å². The van der Waals surface area contributed by atoms with Gasteiger partial charge in [0.2, 0.25) is 10.0 Å². The van der Waals surface area contributed by atoms with Crippen LogP contribution in [0.1, 0.15) is 36.0 Å². The minimum Gasteiger partial charge on any atom is -0.452 e. The molecule has 1 fully saturated rings. The number of esters is 1. The molecule has 0 bridgehead atoms. The second-order valence-electron chi connectivity index (χ2n) is 5.59. The van der Waals surface area contributed by atoms with Crippen molar-refractivity contribution in [2.24, 2.45) is 0 Å². The zero-order valence-electron chi connectivity index (χ0n) is 13.7. The molecule has 7 nitrogen and oxygen atoms in total. The molecule has 1 N–H and O–H groups in total. The van der Waals surface area contributed by atoms with Gasteiger partial charge in [-0.05, 0) is 37.1 Å². The SMILES string of the molecule is CNC(=O)COC(=O)c1ccc(S(=O)(=O)N2CCCCCC2)cc1. The van der Waals surface area contributed by atoms with Crippen molar-refractivity contribution in [3.05, 3.63) is 29.8 Å². The molecule has 1 aliphatic rings. The summed E-state index contributed by atoms with van der Waals surface area (Å²) in [5.74, 6) is -1.08. The number of amides is 1. The van der Waals surface area contributed by atoms with Crippen LogP contribution in [0.2, 0.25) is 0 Å². The number of sulfonamides is 1. The summed E-state index contributed by atoms with van der Waals surface area (Å²) in [6.45, 7) is 0.680. The Labute approximate surface area is 142 Å². The maximum absolute atomic E-state index is 12.6. The molecule has 1 heterocycles. The lowest BCUT2D eigenvalue weighted by atomic mass is 10.2. The van der Waals surface area contributed by atoms with Gasteiger partial charge in [-0.25, -0.2) is 13.2 Å². The molecule has 1 aromatic rings. The van der Waals surface area contributed by atoms with E-state index in [9.17, 15) is 18.0 Å². The van der Waals surface area contributed by atoms with Gasteiger partial charge in [0.1, 0.15) is 0 Å². The van der Waals surface area contributed by atoms with Gasteiger partial charge in [0.25, 0.3) is 5.91 Å². The normalized spacial score (nSPS) is 16.2. The Kier molecular flexibility index (Phi) is 6.33. The molecule has 0 spiro atoms. The molecule has 24 heavy (non-hydrogen) atoms. The fourth-order valence-electron chi connectivity index (χ4n) is 2.48. The Morgan fingerprint density at radius 2 is 1.67 bits per heavy atom. The van der Waals surface area contributed by atoms with Gasteiger partial charge >= 0.3 is 5.97 Å². The monoisotopic (exact) mass is 354 g/mol. The molecule has 0 radical (unpaired) electrons. The van der Waals surface area contributed by atoms with Crippen molar-refractivity contribution in [1.82, 2.24) is 9.62 Å². The summed E-state index contributed by atoms with van der Waals surface area (Å²) in [7, 11) is -2.10. The first-order valence-electron chi connectivity index (χ1n) is 7.93. The lowest BCUT2D eigenvalue weighted by Gasteiger charge is -2.19. The summed E-state index contributed by atoms with van der Waals surface area (Å²) in [5, 5.41) is 2.34. The van der Waals surface area contributed by atoms with Crippen LogP contribution < -0.4 is 5.32 Å². The third-order valence-electron chi connectivity index (χ3n) is 3.91. The van der Waals surface area contributed by atoms with Crippen LogP contribution in [-0.4, -0.2) is 51.3 Å². The molecule has 132 valence electrons. The minimum atomic E-state index is -3.54. The summed E-state index contributed by atoms with van der Waals surface area (Å²) in [4.78, 5) is 23.0. The number of ether oxygens (including phenoxy) is 1. The summed E-state index contributed by atoms with van der Waals surface area (Å²) < 4.78 is 31.6. The molecular weight excluding hydrogens is 332 g/mol. The van der Waals surface area contributed by atoms with Gasteiger partial charge in [0.05, 0.1) is 10.5 Å². The predicted molar refractivity (Wildman–Crippen MR) is 88.0 cm³/mol. The molecule has 1 saturated heterocycles. The van der Waals surface area contributed by atoms with Crippen molar-refractivity contribution in [3.8, 4) is 0 Å². The third kappa shape index (κ3) is 4.55. The van der Waals surface area contributed by atoms with Crippen LogP contribution in [0.25, 0.3) is 0 Å². The molecular formula is C16H22N2O5S. The summed E-state index contributed by atoms with van der Waals surface area (Å²) in [6, 6.07) is 5.60. The number of nitrogens with zero attached hydrogens (tertiary/aromatic N) is 1. The molecule has 0 aliphatic carbocycles. The molecule has 0 aromatic heterocycles. The highest BCUT2D eigenvalue weighted by molar-refractivity contribution is 7.89. The Bertz CT molecular complexity index is 677. The van der Waals surface area contributed by atoms with Crippen LogP contribution in [0, 0.1) is 0 Å². The smallest absolute Gasteiger partial charge is 0.338 e. The molecule has 0 saturated carbocycles. The zero-order chi connectivity index (χ0) is 17.6. The van der Waals surface area contributed by atoms with Crippen LogP contribution in [0.15, 0.2) is 29.2 Å². The zero-order valence-corrected chi connectivity index (χ0v) is 14.5. The van der Waals surface area contributed by atoms with Crippen molar-refractivity contribution in [3.63, 3.8) is 0 Å². The van der Waals surface area contributed by atoms with Crippen molar-refractivity contribution in [2.45, 2.75) is 30.6 Å². The van der Waals surface area contributed by atoms with Gasteiger partial charge in [-0.15, -0.1) is 0 Å². The molecule has 1 aliphatic heterocycles. The van der Waals surface area contributed by atoms with Crippen LogP contribution in [0.4, 0.5) is 0 Å². The lowest BCUT2D eigenvalue weighted by molar-refractivity contribution is -0.123. The Morgan fingerprint density at radius 3 is 2.21 bits per heavy atom. The second-order valence-corrected chi connectivity index (χ2v) is 7.53. The molecule has 0 unspecified atom stereocenters. The Balaban J connectivity index is 2.07. The summed E-state index contributed by atoms with van der Waals surface area (Å²) in [6.07, 6.45) is 3.82. The minimum absolute atomic E-state index is 0.159. The van der Waals surface area contributed by atoms with Crippen LogP contribution in [0.3, 0.4) is 0 Å². The van der Waals surface area contributed by atoms with E-state index in [0.29, 0.717) is 13.1 Å². The third-order valence-corrected chi connectivity index (χ3v) is 5.82. The average molecular weight is 354 g/mol. The predicted octanol–water partition coefficient (Wildman–Crippen LogP) is 1.15. The van der Waals surface area contributed by atoms with E-state index < -0.39 is 21.9 Å². The van der Waals surface area contributed by atoms with E-state index in [1.54, 1.807) is 0 Å².